The standard InChI is InChI=1S/C16H14N4O2S/c1-23-14-10(8-17)15(19)20-16(22)13(14)11(18)7-12(21)9-5-3-2-4-6-9/h2-6,18H,7H2,1H3,(H3,19,20,22). The van der Waals surface area contributed by atoms with Crippen LogP contribution in [-0.4, -0.2) is 22.7 Å². The van der Waals surface area contributed by atoms with Gasteiger partial charge in [-0.3, -0.25) is 9.59 Å². The number of carbonyl (C=O) groups is 1. The first-order chi connectivity index (χ1) is 11.0. The van der Waals surface area contributed by atoms with Gasteiger partial charge in [-0.25, -0.2) is 0 Å². The van der Waals surface area contributed by atoms with Gasteiger partial charge in [-0.1, -0.05) is 30.3 Å². The summed E-state index contributed by atoms with van der Waals surface area (Å²) in [6.45, 7) is 0. The van der Waals surface area contributed by atoms with E-state index in [1.807, 2.05) is 6.07 Å². The van der Waals surface area contributed by atoms with Crippen molar-refractivity contribution in [2.45, 2.75) is 11.3 Å². The second-order valence-corrected chi connectivity index (χ2v) is 5.52. The zero-order chi connectivity index (χ0) is 17.0. The third-order valence-electron chi connectivity index (χ3n) is 3.25. The van der Waals surface area contributed by atoms with E-state index in [0.29, 0.717) is 10.5 Å². The number of hydrogen-bond acceptors (Lipinski definition) is 6. The van der Waals surface area contributed by atoms with Crippen LogP contribution < -0.4 is 11.3 Å². The third kappa shape index (κ3) is 3.33. The van der Waals surface area contributed by atoms with Crippen LogP contribution in [0.15, 0.2) is 40.0 Å². The lowest BCUT2D eigenvalue weighted by molar-refractivity contribution is 0.100. The monoisotopic (exact) mass is 326 g/mol. The highest BCUT2D eigenvalue weighted by Gasteiger charge is 2.21. The molecular weight excluding hydrogens is 312 g/mol. The van der Waals surface area contributed by atoms with Gasteiger partial charge in [0.2, 0.25) is 0 Å². The first-order valence-electron chi connectivity index (χ1n) is 6.65. The fourth-order valence-electron chi connectivity index (χ4n) is 2.16. The van der Waals surface area contributed by atoms with Gasteiger partial charge < -0.3 is 16.1 Å². The molecule has 0 atom stereocenters. The maximum Gasteiger partial charge on any atom is 0.259 e. The van der Waals surface area contributed by atoms with E-state index >= 15 is 0 Å². The molecule has 0 saturated carbocycles. The van der Waals surface area contributed by atoms with Crippen molar-refractivity contribution in [3.05, 3.63) is 57.4 Å². The second kappa shape index (κ2) is 6.94. The largest absolute Gasteiger partial charge is 0.384 e. The summed E-state index contributed by atoms with van der Waals surface area (Å²) in [5.41, 5.74) is 5.53. The number of nitrogens with two attached hydrogens (primary N) is 1. The van der Waals surface area contributed by atoms with Gasteiger partial charge in [-0.15, -0.1) is 11.8 Å². The molecule has 0 aliphatic heterocycles. The van der Waals surface area contributed by atoms with Crippen LogP contribution in [0, 0.1) is 16.7 Å². The number of rotatable bonds is 5. The van der Waals surface area contributed by atoms with Crippen molar-refractivity contribution in [3.8, 4) is 6.07 Å². The molecule has 4 N–H and O–H groups in total. The molecule has 1 aromatic carbocycles. The summed E-state index contributed by atoms with van der Waals surface area (Å²) in [6, 6.07) is 10.5. The Morgan fingerprint density at radius 2 is 2.04 bits per heavy atom. The molecule has 0 unspecified atom stereocenters. The van der Waals surface area contributed by atoms with E-state index in [0.717, 1.165) is 11.8 Å². The molecule has 0 bridgehead atoms. The molecular formula is C16H14N4O2S. The molecule has 6 nitrogen and oxygen atoms in total. The Morgan fingerprint density at radius 1 is 1.39 bits per heavy atom. The van der Waals surface area contributed by atoms with Crippen molar-refractivity contribution in [3.63, 3.8) is 0 Å². The molecule has 0 aliphatic carbocycles. The van der Waals surface area contributed by atoms with Crippen LogP contribution in [0.4, 0.5) is 5.82 Å². The van der Waals surface area contributed by atoms with Gasteiger partial charge in [0.25, 0.3) is 5.56 Å². The lowest BCUT2D eigenvalue weighted by Gasteiger charge is -2.11. The fourth-order valence-corrected chi connectivity index (χ4v) is 2.94. The Hall–Kier alpha value is -2.85. The average Bonchev–Trinajstić information content (AvgIpc) is 2.54. The smallest absolute Gasteiger partial charge is 0.259 e. The molecule has 0 spiro atoms. The molecule has 2 aromatic rings. The van der Waals surface area contributed by atoms with Crippen molar-refractivity contribution in [1.29, 1.82) is 10.7 Å². The Bertz CT molecular complexity index is 866. The molecule has 7 heteroatoms. The van der Waals surface area contributed by atoms with Gasteiger partial charge in [-0.05, 0) is 6.26 Å². The number of benzene rings is 1. The Balaban J connectivity index is 2.43. The molecule has 1 heterocycles. The fraction of sp³-hybridized carbons (Fsp3) is 0.125. The molecule has 0 saturated heterocycles. The number of pyridine rings is 1. The average molecular weight is 326 g/mol. The summed E-state index contributed by atoms with van der Waals surface area (Å²) in [5.74, 6) is -0.301. The van der Waals surface area contributed by atoms with Crippen LogP contribution >= 0.6 is 11.8 Å². The van der Waals surface area contributed by atoms with Crippen molar-refractivity contribution < 1.29 is 4.79 Å². The number of aromatic nitrogens is 1. The van der Waals surface area contributed by atoms with Crippen LogP contribution in [0.3, 0.4) is 0 Å². The van der Waals surface area contributed by atoms with E-state index in [2.05, 4.69) is 4.98 Å². The van der Waals surface area contributed by atoms with Gasteiger partial charge in [0, 0.05) is 10.5 Å². The number of Topliss-reactive ketones (excluding diaryl/α,β-unsaturated/α-hetero) is 1. The number of ketones is 1. The van der Waals surface area contributed by atoms with Crippen LogP contribution in [0.2, 0.25) is 0 Å². The number of nitrogen functional groups attached to an aromatic ring is 1. The van der Waals surface area contributed by atoms with Gasteiger partial charge >= 0.3 is 0 Å². The number of thioether (sulfide) groups is 1. The Kier molecular flexibility index (Phi) is 4.98. The molecule has 0 fully saturated rings. The Labute approximate surface area is 136 Å². The van der Waals surface area contributed by atoms with Crippen LogP contribution in [0.1, 0.15) is 27.9 Å². The minimum Gasteiger partial charge on any atom is -0.384 e. The van der Waals surface area contributed by atoms with E-state index in [4.69, 9.17) is 11.1 Å². The number of hydrogen-bond donors (Lipinski definition) is 3. The molecule has 1 aromatic heterocycles. The minimum atomic E-state index is -0.572. The highest BCUT2D eigenvalue weighted by Crippen LogP contribution is 2.26. The van der Waals surface area contributed by atoms with E-state index in [1.165, 1.54) is 0 Å². The molecule has 0 amide bonds. The Morgan fingerprint density at radius 3 is 2.61 bits per heavy atom. The first kappa shape index (κ1) is 16.5. The number of nitrogens with zero attached hydrogens (tertiary/aromatic N) is 1. The lowest BCUT2D eigenvalue weighted by Crippen LogP contribution is -2.23. The topological polar surface area (TPSA) is 124 Å². The summed E-state index contributed by atoms with van der Waals surface area (Å²) in [5, 5.41) is 17.3. The lowest BCUT2D eigenvalue weighted by atomic mass is 10.0. The third-order valence-corrected chi connectivity index (χ3v) is 4.07. The highest BCUT2D eigenvalue weighted by molar-refractivity contribution is 7.98. The van der Waals surface area contributed by atoms with E-state index in [9.17, 15) is 14.9 Å². The predicted octanol–water partition coefficient (Wildman–Crippen LogP) is 2.19. The van der Waals surface area contributed by atoms with Gasteiger partial charge in [0.05, 0.1) is 17.7 Å². The van der Waals surface area contributed by atoms with Crippen LogP contribution in [0.25, 0.3) is 0 Å². The maximum atomic E-state index is 12.2. The quantitative estimate of drug-likeness (QED) is 0.441. The molecule has 2 rings (SSSR count). The van der Waals surface area contributed by atoms with Gasteiger partial charge in [-0.2, -0.15) is 5.26 Å². The summed E-state index contributed by atoms with van der Waals surface area (Å²) < 4.78 is 0. The van der Waals surface area contributed by atoms with E-state index < -0.39 is 5.56 Å². The second-order valence-electron chi connectivity index (χ2n) is 4.71. The normalized spacial score (nSPS) is 10.1. The van der Waals surface area contributed by atoms with Gasteiger partial charge in [0.1, 0.15) is 17.5 Å². The number of carbonyl (C=O) groups excluding carboxylic acids is 1. The van der Waals surface area contributed by atoms with Crippen molar-refractivity contribution in [1.82, 2.24) is 4.98 Å². The summed E-state index contributed by atoms with van der Waals surface area (Å²) in [4.78, 5) is 27.0. The number of anilines is 1. The number of aromatic amines is 1. The summed E-state index contributed by atoms with van der Waals surface area (Å²) >= 11 is 1.15. The maximum absolute atomic E-state index is 12.2. The van der Waals surface area contributed by atoms with Gasteiger partial charge in [0.15, 0.2) is 5.78 Å². The van der Waals surface area contributed by atoms with Crippen molar-refractivity contribution in [2.24, 2.45) is 0 Å². The molecule has 0 radical (unpaired) electrons. The van der Waals surface area contributed by atoms with Crippen LogP contribution in [-0.2, 0) is 0 Å². The van der Waals surface area contributed by atoms with Crippen molar-refractivity contribution >= 4 is 29.1 Å². The highest BCUT2D eigenvalue weighted by atomic mass is 32.2. The summed E-state index contributed by atoms with van der Waals surface area (Å²) in [6.07, 6.45) is 1.46. The van der Waals surface area contributed by atoms with Crippen molar-refractivity contribution in [2.75, 3.05) is 12.0 Å². The van der Waals surface area contributed by atoms with E-state index in [1.54, 1.807) is 36.6 Å². The first-order valence-corrected chi connectivity index (χ1v) is 7.88. The van der Waals surface area contributed by atoms with E-state index in [-0.39, 0.29) is 34.9 Å². The zero-order valence-corrected chi connectivity index (χ0v) is 13.2. The summed E-state index contributed by atoms with van der Waals surface area (Å²) in [7, 11) is 0. The predicted molar refractivity (Wildman–Crippen MR) is 90.2 cm³/mol. The minimum absolute atomic E-state index is 0.0209. The van der Waals surface area contributed by atoms with Crippen LogP contribution in [0.5, 0.6) is 0 Å². The number of nitrogens with one attached hydrogen (secondary N) is 2. The SMILES string of the molecule is CSc1c(C#N)c(N)[nH]c(=O)c1C(=N)CC(=O)c1ccccc1. The number of H-pyrrole nitrogens is 1. The molecule has 23 heavy (non-hydrogen) atoms. The number of nitriles is 1. The molecule has 0 aliphatic rings. The zero-order valence-electron chi connectivity index (χ0n) is 12.3. The molecule has 116 valence electrons.